The van der Waals surface area contributed by atoms with E-state index in [1.165, 1.54) is 46.1 Å². The maximum atomic E-state index is 12.4. The molecule has 0 amide bonds. The molecule has 0 aromatic carbocycles. The lowest BCUT2D eigenvalue weighted by molar-refractivity contribution is -0.197. The standard InChI is InChI=1S/C23H36O4/c1-14(24)27-19-9-10-22(4)17(21(19,2)3)8-11-23-12-15(6-7-18(22)23)16(13-23)20(25)26-5/h15-19H,6-13H2,1-5H3/t15-,16+,17+,18-,19+,22+,23-/m0/s1. The summed E-state index contributed by atoms with van der Waals surface area (Å²) in [7, 11) is 1.54. The molecule has 0 aromatic rings. The van der Waals surface area contributed by atoms with E-state index in [0.29, 0.717) is 23.2 Å². The first kappa shape index (κ1) is 19.3. The van der Waals surface area contributed by atoms with Crippen LogP contribution in [0, 0.1) is 39.9 Å². The smallest absolute Gasteiger partial charge is 0.308 e. The Morgan fingerprint density at radius 2 is 1.67 bits per heavy atom. The summed E-state index contributed by atoms with van der Waals surface area (Å²) in [6.45, 7) is 8.68. The Morgan fingerprint density at radius 1 is 0.926 bits per heavy atom. The Kier molecular flexibility index (Phi) is 4.44. The summed E-state index contributed by atoms with van der Waals surface area (Å²) >= 11 is 0. The second-order valence-corrected chi connectivity index (χ2v) is 10.8. The number of carbonyl (C=O) groups is 2. The Balaban J connectivity index is 1.63. The fourth-order valence-corrected chi connectivity index (χ4v) is 8.49. The summed E-state index contributed by atoms with van der Waals surface area (Å²) in [5.74, 6) is 1.77. The second kappa shape index (κ2) is 6.22. The van der Waals surface area contributed by atoms with Crippen LogP contribution in [0.5, 0.6) is 0 Å². The first-order valence-electron chi connectivity index (χ1n) is 10.9. The molecule has 4 heteroatoms. The highest BCUT2D eigenvalue weighted by atomic mass is 16.5. The van der Waals surface area contributed by atoms with Gasteiger partial charge in [-0.3, -0.25) is 9.59 Å². The number of carbonyl (C=O) groups excluding carboxylic acids is 2. The van der Waals surface area contributed by atoms with E-state index < -0.39 is 0 Å². The zero-order chi connectivity index (χ0) is 19.6. The highest BCUT2D eigenvalue weighted by Gasteiger charge is 2.66. The van der Waals surface area contributed by atoms with Gasteiger partial charge in [-0.05, 0) is 80.0 Å². The lowest BCUT2D eigenvalue weighted by Gasteiger charge is -2.65. The molecule has 0 N–H and O–H groups in total. The van der Waals surface area contributed by atoms with Crippen LogP contribution in [0.15, 0.2) is 0 Å². The third-order valence-electron chi connectivity index (χ3n) is 9.44. The summed E-state index contributed by atoms with van der Waals surface area (Å²) in [6.07, 6.45) is 9.22. The van der Waals surface area contributed by atoms with Gasteiger partial charge in [-0.1, -0.05) is 20.8 Å². The number of hydrogen-bond acceptors (Lipinski definition) is 4. The van der Waals surface area contributed by atoms with Crippen LogP contribution in [0.2, 0.25) is 0 Å². The molecule has 0 unspecified atom stereocenters. The third-order valence-corrected chi connectivity index (χ3v) is 9.44. The first-order chi connectivity index (χ1) is 12.6. The fraction of sp³-hybridized carbons (Fsp3) is 0.913. The Bertz CT molecular complexity index is 640. The van der Waals surface area contributed by atoms with E-state index >= 15 is 0 Å². The molecule has 4 aliphatic rings. The van der Waals surface area contributed by atoms with Gasteiger partial charge in [0.2, 0.25) is 0 Å². The molecule has 4 rings (SSSR count). The van der Waals surface area contributed by atoms with E-state index in [1.807, 2.05) is 0 Å². The molecule has 4 saturated carbocycles. The van der Waals surface area contributed by atoms with Crippen molar-refractivity contribution in [2.45, 2.75) is 85.2 Å². The summed E-state index contributed by atoms with van der Waals surface area (Å²) < 4.78 is 10.9. The number of esters is 2. The third kappa shape index (κ3) is 2.68. The maximum absolute atomic E-state index is 12.4. The number of rotatable bonds is 2. The molecule has 4 aliphatic carbocycles. The van der Waals surface area contributed by atoms with Gasteiger partial charge in [0.25, 0.3) is 0 Å². The highest BCUT2D eigenvalue weighted by Crippen LogP contribution is 2.72. The van der Waals surface area contributed by atoms with Crippen molar-refractivity contribution in [1.29, 1.82) is 0 Å². The molecule has 4 fully saturated rings. The quantitative estimate of drug-likeness (QED) is 0.653. The van der Waals surface area contributed by atoms with Gasteiger partial charge < -0.3 is 9.47 Å². The van der Waals surface area contributed by atoms with Crippen molar-refractivity contribution in [1.82, 2.24) is 0 Å². The van der Waals surface area contributed by atoms with Crippen LogP contribution in [0.3, 0.4) is 0 Å². The average molecular weight is 377 g/mol. The minimum Gasteiger partial charge on any atom is -0.469 e. The number of hydrogen-bond donors (Lipinski definition) is 0. The largest absolute Gasteiger partial charge is 0.469 e. The minimum absolute atomic E-state index is 0.0114. The molecule has 1 spiro atoms. The van der Waals surface area contributed by atoms with Gasteiger partial charge in [0, 0.05) is 12.3 Å². The normalized spacial score (nSPS) is 47.5. The zero-order valence-corrected chi connectivity index (χ0v) is 17.7. The van der Waals surface area contributed by atoms with Crippen LogP contribution >= 0.6 is 0 Å². The van der Waals surface area contributed by atoms with Crippen molar-refractivity contribution in [2.75, 3.05) is 7.11 Å². The van der Waals surface area contributed by atoms with Crippen molar-refractivity contribution >= 4 is 11.9 Å². The van der Waals surface area contributed by atoms with E-state index in [9.17, 15) is 9.59 Å². The molecule has 152 valence electrons. The zero-order valence-electron chi connectivity index (χ0n) is 17.7. The molecule has 2 bridgehead atoms. The van der Waals surface area contributed by atoms with E-state index in [4.69, 9.17) is 9.47 Å². The molecule has 4 nitrogen and oxygen atoms in total. The monoisotopic (exact) mass is 376 g/mol. The molecule has 0 aromatic heterocycles. The van der Waals surface area contributed by atoms with Crippen molar-refractivity contribution in [2.24, 2.45) is 39.9 Å². The van der Waals surface area contributed by atoms with E-state index in [-0.39, 0.29) is 34.8 Å². The highest BCUT2D eigenvalue weighted by molar-refractivity contribution is 5.73. The average Bonchev–Trinajstić information content (AvgIpc) is 2.87. The molecule has 7 atom stereocenters. The van der Waals surface area contributed by atoms with Crippen molar-refractivity contribution < 1.29 is 19.1 Å². The number of fused-ring (bicyclic) bond motifs is 3. The lowest BCUT2D eigenvalue weighted by atomic mass is 9.41. The van der Waals surface area contributed by atoms with Crippen LogP contribution in [0.4, 0.5) is 0 Å². The van der Waals surface area contributed by atoms with E-state index in [0.717, 1.165) is 19.3 Å². The Hall–Kier alpha value is -1.06. The minimum atomic E-state index is -0.152. The Morgan fingerprint density at radius 3 is 2.33 bits per heavy atom. The van der Waals surface area contributed by atoms with Crippen LogP contribution in [0.1, 0.15) is 79.1 Å². The molecule has 0 aliphatic heterocycles. The molecular formula is C23H36O4. The fourth-order valence-electron chi connectivity index (χ4n) is 8.49. The van der Waals surface area contributed by atoms with Crippen LogP contribution in [-0.4, -0.2) is 25.2 Å². The number of ether oxygens (including phenoxy) is 2. The van der Waals surface area contributed by atoms with Crippen molar-refractivity contribution in [3.05, 3.63) is 0 Å². The molecule has 0 heterocycles. The van der Waals surface area contributed by atoms with Crippen LogP contribution in [0.25, 0.3) is 0 Å². The molecule has 0 radical (unpaired) electrons. The summed E-state index contributed by atoms with van der Waals surface area (Å²) in [5.41, 5.74) is 0.628. The Labute approximate surface area is 163 Å². The van der Waals surface area contributed by atoms with Crippen molar-refractivity contribution in [3.8, 4) is 0 Å². The van der Waals surface area contributed by atoms with Crippen molar-refractivity contribution in [3.63, 3.8) is 0 Å². The molecular weight excluding hydrogens is 340 g/mol. The van der Waals surface area contributed by atoms with Gasteiger partial charge >= 0.3 is 11.9 Å². The summed E-state index contributed by atoms with van der Waals surface area (Å²) in [4.78, 5) is 24.0. The molecule has 0 saturated heterocycles. The summed E-state index contributed by atoms with van der Waals surface area (Å²) in [6, 6.07) is 0. The number of methoxy groups -OCH3 is 1. The van der Waals surface area contributed by atoms with Crippen LogP contribution in [-0.2, 0) is 19.1 Å². The molecule has 27 heavy (non-hydrogen) atoms. The van der Waals surface area contributed by atoms with Gasteiger partial charge in [-0.2, -0.15) is 0 Å². The predicted molar refractivity (Wildman–Crippen MR) is 103 cm³/mol. The van der Waals surface area contributed by atoms with Gasteiger partial charge in [-0.15, -0.1) is 0 Å². The maximum Gasteiger partial charge on any atom is 0.308 e. The lowest BCUT2D eigenvalue weighted by Crippen LogP contribution is -2.59. The topological polar surface area (TPSA) is 52.6 Å². The predicted octanol–water partition coefficient (Wildman–Crippen LogP) is 4.75. The summed E-state index contributed by atoms with van der Waals surface area (Å²) in [5, 5.41) is 0. The van der Waals surface area contributed by atoms with Gasteiger partial charge in [0.05, 0.1) is 13.0 Å². The second-order valence-electron chi connectivity index (χ2n) is 10.8. The van der Waals surface area contributed by atoms with Gasteiger partial charge in [-0.25, -0.2) is 0 Å². The van der Waals surface area contributed by atoms with Crippen LogP contribution < -0.4 is 0 Å². The van der Waals surface area contributed by atoms with Gasteiger partial charge in [0.1, 0.15) is 6.10 Å². The van der Waals surface area contributed by atoms with Gasteiger partial charge in [0.15, 0.2) is 0 Å². The first-order valence-corrected chi connectivity index (χ1v) is 10.9. The van der Waals surface area contributed by atoms with E-state index in [2.05, 4.69) is 20.8 Å². The van der Waals surface area contributed by atoms with E-state index in [1.54, 1.807) is 0 Å². The SMILES string of the molecule is COC(=O)[C@@H]1C[C@@]23CC[C@@H]4C(C)(C)[C@H](OC(C)=O)CC[C@@]4(C)[C@@H]2CC[C@H]1C3.